The van der Waals surface area contributed by atoms with Crippen LogP contribution >= 0.6 is 0 Å². The van der Waals surface area contributed by atoms with Crippen LogP contribution in [0, 0.1) is 0 Å². The highest BCUT2D eigenvalue weighted by molar-refractivity contribution is 5.66. The molecule has 162 valence electrons. The Bertz CT molecular complexity index is 1150. The topological polar surface area (TPSA) is 61.4 Å². The molecule has 0 saturated heterocycles. The van der Waals surface area contributed by atoms with E-state index in [1.54, 1.807) is 0 Å². The molecular formula is C16H10F8N4O2. The number of fused-ring (bicyclic) bond motifs is 1. The van der Waals surface area contributed by atoms with Gasteiger partial charge in [0, 0.05) is 11.8 Å². The van der Waals surface area contributed by atoms with Gasteiger partial charge in [0.05, 0.1) is 25.1 Å². The van der Waals surface area contributed by atoms with Crippen molar-refractivity contribution in [3.63, 3.8) is 0 Å². The molecule has 0 unspecified atom stereocenters. The molecule has 0 spiro atoms. The summed E-state index contributed by atoms with van der Waals surface area (Å²) in [7, 11) is 1.25. The molecule has 0 aliphatic rings. The molecule has 0 aromatic carbocycles. The van der Waals surface area contributed by atoms with Crippen LogP contribution in [-0.4, -0.2) is 38.4 Å². The predicted octanol–water partition coefficient (Wildman–Crippen LogP) is 3.78. The van der Waals surface area contributed by atoms with E-state index < -0.39 is 47.2 Å². The van der Waals surface area contributed by atoms with Crippen LogP contribution in [0.4, 0.5) is 35.1 Å². The van der Waals surface area contributed by atoms with Gasteiger partial charge in [0.25, 0.3) is 5.56 Å². The largest absolute Gasteiger partial charge is 0.495 e. The molecule has 0 aliphatic heterocycles. The molecule has 3 heterocycles. The summed E-state index contributed by atoms with van der Waals surface area (Å²) in [6, 6.07) is 2.35. The van der Waals surface area contributed by atoms with E-state index in [4.69, 9.17) is 4.74 Å². The number of aromatic nitrogens is 4. The monoisotopic (exact) mass is 442 g/mol. The summed E-state index contributed by atoms with van der Waals surface area (Å²) in [6.45, 7) is -1.98. The standard InChI is InChI=1S/C16H10F8N4O2/c1-30-9-2-3-10-26-12(15(19,20)21)11(13(29)28(10)6-9)8-4-25-27(5-8)7-14(17,18)16(22,23)24/h2-6H,7H2,1H3. The zero-order chi connectivity index (χ0) is 22.5. The lowest BCUT2D eigenvalue weighted by molar-refractivity contribution is -0.287. The summed E-state index contributed by atoms with van der Waals surface area (Å²) in [5.74, 6) is -5.08. The Labute approximate surface area is 161 Å². The van der Waals surface area contributed by atoms with E-state index in [1.165, 1.54) is 13.2 Å². The SMILES string of the molecule is COc1ccc2nc(C(F)(F)F)c(-c3cnn(CC(F)(F)C(F)(F)F)c3)c(=O)n2c1. The minimum absolute atomic E-state index is 0.100. The lowest BCUT2D eigenvalue weighted by Crippen LogP contribution is -2.40. The van der Waals surface area contributed by atoms with E-state index in [1.807, 2.05) is 0 Å². The maximum absolute atomic E-state index is 13.5. The third-order valence-corrected chi connectivity index (χ3v) is 4.00. The Balaban J connectivity index is 2.19. The fourth-order valence-corrected chi connectivity index (χ4v) is 2.58. The van der Waals surface area contributed by atoms with Crippen LogP contribution in [-0.2, 0) is 12.7 Å². The van der Waals surface area contributed by atoms with Gasteiger partial charge in [-0.3, -0.25) is 13.9 Å². The Morgan fingerprint density at radius 3 is 2.27 bits per heavy atom. The highest BCUT2D eigenvalue weighted by Crippen LogP contribution is 2.37. The molecule has 0 radical (unpaired) electrons. The van der Waals surface area contributed by atoms with Gasteiger partial charge in [0.15, 0.2) is 5.69 Å². The normalized spacial score (nSPS) is 13.1. The van der Waals surface area contributed by atoms with Gasteiger partial charge in [-0.2, -0.15) is 40.2 Å². The van der Waals surface area contributed by atoms with Gasteiger partial charge in [-0.25, -0.2) is 4.98 Å². The van der Waals surface area contributed by atoms with Crippen molar-refractivity contribution in [2.24, 2.45) is 0 Å². The maximum Gasteiger partial charge on any atom is 0.455 e. The Morgan fingerprint density at radius 1 is 1.03 bits per heavy atom. The predicted molar refractivity (Wildman–Crippen MR) is 85.2 cm³/mol. The first-order valence-electron chi connectivity index (χ1n) is 7.89. The van der Waals surface area contributed by atoms with Crippen LogP contribution in [0.15, 0.2) is 35.5 Å². The minimum Gasteiger partial charge on any atom is -0.495 e. The molecule has 3 rings (SSSR count). The first kappa shape index (κ1) is 21.5. The fourth-order valence-electron chi connectivity index (χ4n) is 2.58. The highest BCUT2D eigenvalue weighted by Gasteiger charge is 2.57. The summed E-state index contributed by atoms with van der Waals surface area (Å²) < 4.78 is 110. The molecule has 0 bridgehead atoms. The van der Waals surface area contributed by atoms with Crippen molar-refractivity contribution in [1.29, 1.82) is 0 Å². The number of nitrogens with zero attached hydrogens (tertiary/aromatic N) is 4. The molecule has 3 aromatic rings. The molecule has 6 nitrogen and oxygen atoms in total. The van der Waals surface area contributed by atoms with Crippen molar-refractivity contribution in [3.05, 3.63) is 46.8 Å². The van der Waals surface area contributed by atoms with Gasteiger partial charge in [-0.1, -0.05) is 0 Å². The smallest absolute Gasteiger partial charge is 0.455 e. The number of ether oxygens (including phenoxy) is 1. The van der Waals surface area contributed by atoms with E-state index >= 15 is 0 Å². The van der Waals surface area contributed by atoms with Crippen LogP contribution < -0.4 is 10.3 Å². The summed E-state index contributed by atoms with van der Waals surface area (Å²) in [6.07, 6.45) is -8.90. The number of halogens is 8. The Hall–Kier alpha value is -3.19. The number of hydrogen-bond acceptors (Lipinski definition) is 4. The quantitative estimate of drug-likeness (QED) is 0.577. The van der Waals surface area contributed by atoms with Gasteiger partial charge >= 0.3 is 18.3 Å². The maximum atomic E-state index is 13.5. The zero-order valence-electron chi connectivity index (χ0n) is 14.7. The van der Waals surface area contributed by atoms with Crippen LogP contribution in [0.1, 0.15) is 5.69 Å². The number of pyridine rings is 1. The average Bonchev–Trinajstić information content (AvgIpc) is 3.06. The number of hydrogen-bond donors (Lipinski definition) is 0. The second-order valence-electron chi connectivity index (χ2n) is 6.06. The van der Waals surface area contributed by atoms with Crippen LogP contribution in [0.2, 0.25) is 0 Å². The van der Waals surface area contributed by atoms with Gasteiger partial charge in [0.1, 0.15) is 17.9 Å². The summed E-state index contributed by atoms with van der Waals surface area (Å²) in [4.78, 5) is 16.1. The van der Waals surface area contributed by atoms with Crippen LogP contribution in [0.5, 0.6) is 5.75 Å². The second-order valence-corrected chi connectivity index (χ2v) is 6.06. The summed E-state index contributed by atoms with van der Waals surface area (Å²) in [5.41, 5.74) is -4.95. The van der Waals surface area contributed by atoms with Crippen molar-refractivity contribution in [3.8, 4) is 16.9 Å². The third-order valence-electron chi connectivity index (χ3n) is 4.00. The molecular weight excluding hydrogens is 432 g/mol. The van der Waals surface area contributed by atoms with Crippen molar-refractivity contribution < 1.29 is 39.9 Å². The van der Waals surface area contributed by atoms with E-state index in [9.17, 15) is 39.9 Å². The number of rotatable bonds is 4. The lowest BCUT2D eigenvalue weighted by atomic mass is 10.1. The van der Waals surface area contributed by atoms with Crippen LogP contribution in [0.25, 0.3) is 16.8 Å². The molecule has 30 heavy (non-hydrogen) atoms. The first-order chi connectivity index (χ1) is 13.7. The highest BCUT2D eigenvalue weighted by atomic mass is 19.4. The average molecular weight is 442 g/mol. The van der Waals surface area contributed by atoms with E-state index in [0.717, 1.165) is 16.7 Å². The van der Waals surface area contributed by atoms with Gasteiger partial charge < -0.3 is 4.74 Å². The molecule has 0 atom stereocenters. The molecule has 0 fully saturated rings. The van der Waals surface area contributed by atoms with E-state index in [0.29, 0.717) is 12.4 Å². The van der Waals surface area contributed by atoms with Crippen molar-refractivity contribution in [1.82, 2.24) is 19.2 Å². The third kappa shape index (κ3) is 3.80. The lowest BCUT2D eigenvalue weighted by Gasteiger charge is -2.19. The van der Waals surface area contributed by atoms with Gasteiger partial charge in [0.2, 0.25) is 0 Å². The first-order valence-corrected chi connectivity index (χ1v) is 7.89. The molecule has 3 aromatic heterocycles. The minimum atomic E-state index is -5.89. The summed E-state index contributed by atoms with van der Waals surface area (Å²) in [5, 5.41) is 3.24. The Morgan fingerprint density at radius 2 is 1.70 bits per heavy atom. The number of methoxy groups -OCH3 is 1. The number of alkyl halides is 8. The van der Waals surface area contributed by atoms with E-state index in [2.05, 4.69) is 10.1 Å². The van der Waals surface area contributed by atoms with Crippen LogP contribution in [0.3, 0.4) is 0 Å². The second kappa shape index (κ2) is 6.95. The fraction of sp³-hybridized carbons (Fsp3) is 0.312. The molecule has 0 aliphatic carbocycles. The molecule has 0 amide bonds. The Kier molecular flexibility index (Phi) is 4.99. The molecule has 14 heteroatoms. The van der Waals surface area contributed by atoms with Crippen molar-refractivity contribution in [2.75, 3.05) is 7.11 Å². The van der Waals surface area contributed by atoms with Crippen molar-refractivity contribution in [2.45, 2.75) is 24.8 Å². The molecule has 0 saturated carbocycles. The summed E-state index contributed by atoms with van der Waals surface area (Å²) >= 11 is 0. The zero-order valence-corrected chi connectivity index (χ0v) is 14.7. The molecule has 0 N–H and O–H groups in total. The van der Waals surface area contributed by atoms with E-state index in [-0.39, 0.29) is 16.1 Å². The van der Waals surface area contributed by atoms with Gasteiger partial charge in [-0.05, 0) is 12.1 Å². The van der Waals surface area contributed by atoms with Gasteiger partial charge in [-0.15, -0.1) is 0 Å². The van der Waals surface area contributed by atoms with Crippen molar-refractivity contribution >= 4 is 5.65 Å².